The van der Waals surface area contributed by atoms with Crippen LogP contribution in [0, 0.1) is 0 Å². The average molecular weight is 807 g/mol. The smallest absolute Gasteiger partial charge is 0.306 e. The van der Waals surface area contributed by atoms with Gasteiger partial charge in [-0.15, -0.1) is 0 Å². The van der Waals surface area contributed by atoms with Gasteiger partial charge < -0.3 is 39.4 Å². The van der Waals surface area contributed by atoms with E-state index in [0.717, 1.165) is 44.9 Å². The lowest BCUT2D eigenvalue weighted by molar-refractivity contribution is -0.305. The molecule has 1 heterocycles. The molecule has 6 atom stereocenters. The summed E-state index contributed by atoms with van der Waals surface area (Å²) in [4.78, 5) is 25.3. The summed E-state index contributed by atoms with van der Waals surface area (Å²) >= 11 is 0. The first-order valence-corrected chi connectivity index (χ1v) is 22.7. The van der Waals surface area contributed by atoms with Gasteiger partial charge in [0.1, 0.15) is 31.0 Å². The van der Waals surface area contributed by atoms with Crippen molar-refractivity contribution in [1.82, 2.24) is 0 Å². The Labute approximate surface area is 346 Å². The number of unbranched alkanes of at least 4 members (excludes halogenated alkanes) is 18. The maximum atomic E-state index is 12.8. The van der Waals surface area contributed by atoms with E-state index < -0.39 is 55.4 Å². The molecule has 1 fully saturated rings. The summed E-state index contributed by atoms with van der Waals surface area (Å²) < 4.78 is 22.1. The van der Waals surface area contributed by atoms with Crippen molar-refractivity contribution in [1.29, 1.82) is 0 Å². The summed E-state index contributed by atoms with van der Waals surface area (Å²) in [6.45, 7) is 3.33. The minimum Gasteiger partial charge on any atom is -0.462 e. The molecule has 10 heteroatoms. The fraction of sp³-hybridized carbons (Fsp3) is 0.787. The standard InChI is InChI=1S/C47H82O10/c1-3-5-7-9-11-13-15-17-19-20-22-23-25-27-29-31-33-35-42(49)54-38-40(39-55-47-46(53)45(52)44(51)41(37-48)57-47)56-43(50)36-34-32-30-28-26-24-21-18-16-14-12-10-8-6-4-2/h10,12,17,19,22-23,27,29,40-41,44-48,51-53H,3-9,11,13-16,18,20-21,24-26,28,30-39H2,1-2H3/b12-10+,19-17+,23-22+,29-27+/t40-,41-,44+,45?,46?,47-/m0/s1. The zero-order chi connectivity index (χ0) is 41.6. The molecule has 1 saturated heterocycles. The number of hydrogen-bond acceptors (Lipinski definition) is 10. The van der Waals surface area contributed by atoms with E-state index in [9.17, 15) is 30.0 Å². The monoisotopic (exact) mass is 807 g/mol. The van der Waals surface area contributed by atoms with Gasteiger partial charge in [-0.25, -0.2) is 0 Å². The third-order valence-electron chi connectivity index (χ3n) is 10.2. The van der Waals surface area contributed by atoms with Crippen LogP contribution in [-0.2, 0) is 28.5 Å². The predicted molar refractivity (Wildman–Crippen MR) is 229 cm³/mol. The zero-order valence-corrected chi connectivity index (χ0v) is 35.8. The Balaban J connectivity index is 2.37. The summed E-state index contributed by atoms with van der Waals surface area (Å²) in [6.07, 6.45) is 36.9. The van der Waals surface area contributed by atoms with Gasteiger partial charge in [0.25, 0.3) is 0 Å². The van der Waals surface area contributed by atoms with E-state index in [0.29, 0.717) is 12.8 Å². The van der Waals surface area contributed by atoms with Gasteiger partial charge >= 0.3 is 11.9 Å². The van der Waals surface area contributed by atoms with E-state index in [1.54, 1.807) is 0 Å². The highest BCUT2D eigenvalue weighted by molar-refractivity contribution is 5.70. The second-order valence-corrected chi connectivity index (χ2v) is 15.5. The molecule has 330 valence electrons. The summed E-state index contributed by atoms with van der Waals surface area (Å²) in [7, 11) is 0. The van der Waals surface area contributed by atoms with Crippen LogP contribution in [0.1, 0.15) is 181 Å². The van der Waals surface area contributed by atoms with Crippen LogP contribution in [0.25, 0.3) is 0 Å². The zero-order valence-electron chi connectivity index (χ0n) is 35.8. The number of carbonyl (C=O) groups is 2. The normalized spacial score (nSPS) is 20.7. The molecule has 0 radical (unpaired) electrons. The number of hydrogen-bond donors (Lipinski definition) is 4. The van der Waals surface area contributed by atoms with Crippen molar-refractivity contribution in [2.24, 2.45) is 0 Å². The fourth-order valence-electron chi connectivity index (χ4n) is 6.54. The lowest BCUT2D eigenvalue weighted by atomic mass is 9.99. The van der Waals surface area contributed by atoms with E-state index in [4.69, 9.17) is 18.9 Å². The predicted octanol–water partition coefficient (Wildman–Crippen LogP) is 9.67. The first-order chi connectivity index (χ1) is 27.8. The van der Waals surface area contributed by atoms with E-state index in [1.807, 2.05) is 0 Å². The van der Waals surface area contributed by atoms with Gasteiger partial charge in [-0.3, -0.25) is 9.59 Å². The van der Waals surface area contributed by atoms with Crippen LogP contribution in [0.3, 0.4) is 0 Å². The Kier molecular flexibility index (Phi) is 35.0. The van der Waals surface area contributed by atoms with Gasteiger partial charge in [0.2, 0.25) is 0 Å². The fourth-order valence-corrected chi connectivity index (χ4v) is 6.54. The number of allylic oxidation sites excluding steroid dienone is 8. The van der Waals surface area contributed by atoms with E-state index in [-0.39, 0.29) is 26.1 Å². The SMILES string of the molecule is CCCC/C=C/CCCCCCCCCCCC(=O)O[C@@H](COC(=O)CCC/C=C/C/C=C/C/C=C/CCCCCCCC)CO[C@H]1O[C@@H](CO)[C@@H](O)C(O)C1O. The van der Waals surface area contributed by atoms with Crippen molar-refractivity contribution >= 4 is 11.9 Å². The molecule has 0 aromatic heterocycles. The van der Waals surface area contributed by atoms with Gasteiger partial charge in [0.15, 0.2) is 12.4 Å². The summed E-state index contributed by atoms with van der Waals surface area (Å²) in [5.41, 5.74) is 0. The number of esters is 2. The Morgan fingerprint density at radius 1 is 0.544 bits per heavy atom. The molecule has 57 heavy (non-hydrogen) atoms. The highest BCUT2D eigenvalue weighted by Crippen LogP contribution is 2.22. The van der Waals surface area contributed by atoms with Gasteiger partial charge in [-0.05, 0) is 64.2 Å². The lowest BCUT2D eigenvalue weighted by Crippen LogP contribution is -2.59. The van der Waals surface area contributed by atoms with E-state index >= 15 is 0 Å². The average Bonchev–Trinajstić information content (AvgIpc) is 3.21. The van der Waals surface area contributed by atoms with Crippen molar-refractivity contribution in [2.45, 2.75) is 218 Å². The summed E-state index contributed by atoms with van der Waals surface area (Å²) in [5.74, 6) is -0.871. The number of ether oxygens (including phenoxy) is 4. The molecule has 0 aromatic carbocycles. The van der Waals surface area contributed by atoms with Crippen LogP contribution in [0.15, 0.2) is 48.6 Å². The highest BCUT2D eigenvalue weighted by Gasteiger charge is 2.44. The number of carbonyl (C=O) groups excluding carboxylic acids is 2. The number of aliphatic hydroxyl groups excluding tert-OH is 4. The Morgan fingerprint density at radius 3 is 1.60 bits per heavy atom. The second-order valence-electron chi connectivity index (χ2n) is 15.5. The van der Waals surface area contributed by atoms with Crippen LogP contribution >= 0.6 is 0 Å². The molecule has 0 aromatic rings. The van der Waals surface area contributed by atoms with E-state index in [2.05, 4.69) is 62.5 Å². The minimum atomic E-state index is -1.60. The Bertz CT molecular complexity index is 1070. The molecule has 4 N–H and O–H groups in total. The van der Waals surface area contributed by atoms with Crippen molar-refractivity contribution in [2.75, 3.05) is 19.8 Å². The van der Waals surface area contributed by atoms with Crippen LogP contribution in [0.2, 0.25) is 0 Å². The maximum Gasteiger partial charge on any atom is 0.306 e. The molecular weight excluding hydrogens is 725 g/mol. The largest absolute Gasteiger partial charge is 0.462 e. The molecular formula is C47H82O10. The molecule has 10 nitrogen and oxygen atoms in total. The second kappa shape index (κ2) is 37.9. The van der Waals surface area contributed by atoms with Gasteiger partial charge in [-0.1, -0.05) is 152 Å². The first kappa shape index (κ1) is 52.7. The number of aliphatic hydroxyl groups is 4. The van der Waals surface area contributed by atoms with E-state index in [1.165, 1.54) is 96.3 Å². The first-order valence-electron chi connectivity index (χ1n) is 22.7. The van der Waals surface area contributed by atoms with Crippen molar-refractivity contribution in [3.63, 3.8) is 0 Å². The minimum absolute atomic E-state index is 0.203. The van der Waals surface area contributed by atoms with Crippen molar-refractivity contribution in [3.05, 3.63) is 48.6 Å². The molecule has 0 aliphatic carbocycles. The molecule has 1 rings (SSSR count). The summed E-state index contributed by atoms with van der Waals surface area (Å²) in [5, 5.41) is 40.1. The highest BCUT2D eigenvalue weighted by atomic mass is 16.7. The van der Waals surface area contributed by atoms with Crippen LogP contribution in [0.5, 0.6) is 0 Å². The number of rotatable bonds is 37. The van der Waals surface area contributed by atoms with Crippen LogP contribution < -0.4 is 0 Å². The van der Waals surface area contributed by atoms with Gasteiger partial charge in [0, 0.05) is 12.8 Å². The van der Waals surface area contributed by atoms with Crippen LogP contribution in [0.4, 0.5) is 0 Å². The molecule has 2 unspecified atom stereocenters. The third kappa shape index (κ3) is 29.5. The molecule has 0 bridgehead atoms. The Hall–Kier alpha value is -2.34. The topological polar surface area (TPSA) is 152 Å². The quantitative estimate of drug-likeness (QED) is 0.0271. The molecule has 1 aliphatic heterocycles. The van der Waals surface area contributed by atoms with Gasteiger partial charge in [0.05, 0.1) is 13.2 Å². The molecule has 0 spiro atoms. The lowest BCUT2D eigenvalue weighted by Gasteiger charge is -2.39. The third-order valence-corrected chi connectivity index (χ3v) is 10.2. The van der Waals surface area contributed by atoms with Crippen molar-refractivity contribution in [3.8, 4) is 0 Å². The maximum absolute atomic E-state index is 12.8. The van der Waals surface area contributed by atoms with Gasteiger partial charge in [-0.2, -0.15) is 0 Å². The molecule has 0 saturated carbocycles. The molecule has 0 amide bonds. The summed E-state index contributed by atoms with van der Waals surface area (Å²) in [6, 6.07) is 0. The Morgan fingerprint density at radius 2 is 1.02 bits per heavy atom. The molecule has 1 aliphatic rings. The van der Waals surface area contributed by atoms with Crippen LogP contribution in [-0.4, -0.2) is 89.0 Å². The van der Waals surface area contributed by atoms with Crippen molar-refractivity contribution < 1.29 is 49.0 Å².